The van der Waals surface area contributed by atoms with Crippen LogP contribution in [0.2, 0.25) is 5.02 Å². The Morgan fingerprint density at radius 3 is 1.56 bits per heavy atom. The number of nitrogens with one attached hydrogen (secondary N) is 1. The number of anilines is 1. The smallest absolute Gasteiger partial charge is 0.296 e. The molecule has 0 saturated heterocycles. The van der Waals surface area contributed by atoms with E-state index in [4.69, 9.17) is 16.0 Å². The van der Waals surface area contributed by atoms with Crippen molar-refractivity contribution >= 4 is 17.6 Å². The van der Waals surface area contributed by atoms with Crippen LogP contribution in [0.1, 0.15) is 16.7 Å². The second kappa shape index (κ2) is 8.74. The number of nitrogens with zero attached hydrogens (tertiary/aromatic N) is 1. The van der Waals surface area contributed by atoms with Crippen LogP contribution in [0, 0.1) is 0 Å². The fourth-order valence-electron chi connectivity index (χ4n) is 4.02. The van der Waals surface area contributed by atoms with Crippen LogP contribution in [0.15, 0.2) is 126 Å². The van der Waals surface area contributed by atoms with Gasteiger partial charge in [-0.2, -0.15) is 0 Å². The van der Waals surface area contributed by atoms with E-state index in [0.29, 0.717) is 16.8 Å². The summed E-state index contributed by atoms with van der Waals surface area (Å²) < 4.78 is 6.16. The second-order valence-corrected chi connectivity index (χ2v) is 7.95. The highest BCUT2D eigenvalue weighted by Gasteiger charge is 2.37. The van der Waals surface area contributed by atoms with Gasteiger partial charge in [-0.15, -0.1) is 0 Å². The molecule has 0 aliphatic carbocycles. The lowest BCUT2D eigenvalue weighted by Gasteiger charge is -2.36. The molecule has 0 unspecified atom stereocenters. The Hall–Kier alpha value is -3.82. The fraction of sp³-hybridized carbons (Fsp3) is 0.0357. The van der Waals surface area contributed by atoms with Crippen LogP contribution in [-0.4, -0.2) is 4.98 Å². The molecule has 0 atom stereocenters. The number of hydrogen-bond acceptors (Lipinski definition) is 3. The van der Waals surface area contributed by atoms with Crippen LogP contribution >= 0.6 is 11.6 Å². The number of aromatic nitrogens is 1. The summed E-state index contributed by atoms with van der Waals surface area (Å²) >= 11 is 6.04. The Morgan fingerprint density at radius 2 is 1.09 bits per heavy atom. The van der Waals surface area contributed by atoms with Crippen molar-refractivity contribution in [1.29, 1.82) is 0 Å². The van der Waals surface area contributed by atoms with Gasteiger partial charge < -0.3 is 9.73 Å². The van der Waals surface area contributed by atoms with Crippen molar-refractivity contribution in [2.75, 3.05) is 5.32 Å². The SMILES string of the molecule is Clc1ccc(-c2cnc(NC(c3ccccc3)(c3ccccc3)c3ccccc3)o2)cc1. The quantitative estimate of drug-likeness (QED) is 0.282. The lowest BCUT2D eigenvalue weighted by atomic mass is 9.77. The molecule has 0 fully saturated rings. The molecular weight excluding hydrogens is 416 g/mol. The summed E-state index contributed by atoms with van der Waals surface area (Å²) in [6, 6.07) is 39.0. The van der Waals surface area contributed by atoms with Gasteiger partial charge in [-0.25, -0.2) is 4.98 Å². The Morgan fingerprint density at radius 1 is 0.625 bits per heavy atom. The van der Waals surface area contributed by atoms with Gasteiger partial charge in [0.15, 0.2) is 5.76 Å². The Labute approximate surface area is 192 Å². The molecule has 0 bridgehead atoms. The first-order chi connectivity index (χ1) is 15.8. The van der Waals surface area contributed by atoms with E-state index in [2.05, 4.69) is 46.7 Å². The number of benzene rings is 4. The first kappa shape index (κ1) is 20.1. The van der Waals surface area contributed by atoms with E-state index in [1.165, 1.54) is 0 Å². The van der Waals surface area contributed by atoms with Gasteiger partial charge in [0.05, 0.1) is 6.20 Å². The van der Waals surface area contributed by atoms with Gasteiger partial charge in [-0.1, -0.05) is 103 Å². The zero-order valence-corrected chi connectivity index (χ0v) is 18.0. The van der Waals surface area contributed by atoms with Crippen molar-refractivity contribution in [2.24, 2.45) is 0 Å². The summed E-state index contributed by atoms with van der Waals surface area (Å²) in [5, 5.41) is 4.32. The van der Waals surface area contributed by atoms with Gasteiger partial charge in [0.2, 0.25) is 0 Å². The van der Waals surface area contributed by atoms with Crippen molar-refractivity contribution in [3.8, 4) is 11.3 Å². The zero-order chi connectivity index (χ0) is 21.8. The van der Waals surface area contributed by atoms with E-state index in [-0.39, 0.29) is 0 Å². The molecule has 0 spiro atoms. The van der Waals surface area contributed by atoms with E-state index in [9.17, 15) is 0 Å². The van der Waals surface area contributed by atoms with Crippen LogP contribution < -0.4 is 5.32 Å². The predicted molar refractivity (Wildman–Crippen MR) is 130 cm³/mol. The van der Waals surface area contributed by atoms with Crippen LogP contribution in [0.25, 0.3) is 11.3 Å². The van der Waals surface area contributed by atoms with E-state index < -0.39 is 5.54 Å². The molecule has 0 aliphatic rings. The number of hydrogen-bond donors (Lipinski definition) is 1. The average molecular weight is 437 g/mol. The van der Waals surface area contributed by atoms with Gasteiger partial charge in [-0.05, 0) is 41.0 Å². The first-order valence-electron chi connectivity index (χ1n) is 10.4. The minimum Gasteiger partial charge on any atom is -0.424 e. The molecule has 4 aromatic carbocycles. The normalized spacial score (nSPS) is 11.3. The number of halogens is 1. The van der Waals surface area contributed by atoms with E-state index in [1.54, 1.807) is 6.20 Å². The molecule has 0 aliphatic heterocycles. The summed E-state index contributed by atoms with van der Waals surface area (Å²) in [5.74, 6) is 0.673. The lowest BCUT2D eigenvalue weighted by Crippen LogP contribution is -2.38. The molecule has 1 aromatic heterocycles. The first-order valence-corrected chi connectivity index (χ1v) is 10.8. The van der Waals surface area contributed by atoms with Crippen molar-refractivity contribution in [2.45, 2.75) is 5.54 Å². The van der Waals surface area contributed by atoms with Gasteiger partial charge >= 0.3 is 0 Å². The topological polar surface area (TPSA) is 38.1 Å². The molecule has 5 aromatic rings. The van der Waals surface area contributed by atoms with Crippen LogP contribution in [-0.2, 0) is 5.54 Å². The molecule has 0 saturated carbocycles. The molecular formula is C28H21ClN2O. The van der Waals surface area contributed by atoms with Gasteiger partial charge in [0.25, 0.3) is 6.01 Å². The number of rotatable bonds is 6. The Balaban J connectivity index is 1.66. The van der Waals surface area contributed by atoms with E-state index >= 15 is 0 Å². The van der Waals surface area contributed by atoms with Crippen molar-refractivity contribution in [1.82, 2.24) is 4.98 Å². The molecule has 156 valence electrons. The fourth-order valence-corrected chi connectivity index (χ4v) is 4.15. The highest BCUT2D eigenvalue weighted by Crippen LogP contribution is 2.40. The molecule has 0 amide bonds. The Kier molecular flexibility index (Phi) is 5.49. The Bertz CT molecular complexity index is 1190. The molecule has 1 heterocycles. The average Bonchev–Trinajstić information content (AvgIpc) is 3.33. The molecule has 5 rings (SSSR count). The van der Waals surface area contributed by atoms with Crippen LogP contribution in [0.5, 0.6) is 0 Å². The molecule has 0 radical (unpaired) electrons. The largest absolute Gasteiger partial charge is 0.424 e. The van der Waals surface area contributed by atoms with Crippen molar-refractivity contribution in [3.63, 3.8) is 0 Å². The maximum Gasteiger partial charge on any atom is 0.296 e. The van der Waals surface area contributed by atoms with Crippen LogP contribution in [0.3, 0.4) is 0 Å². The molecule has 1 N–H and O–H groups in total. The summed E-state index contributed by atoms with van der Waals surface area (Å²) in [6.07, 6.45) is 1.73. The third-order valence-electron chi connectivity index (χ3n) is 5.55. The summed E-state index contributed by atoms with van der Waals surface area (Å²) in [4.78, 5) is 4.57. The maximum absolute atomic E-state index is 6.16. The van der Waals surface area contributed by atoms with Gasteiger partial charge in [0.1, 0.15) is 5.54 Å². The molecule has 3 nitrogen and oxygen atoms in total. The highest BCUT2D eigenvalue weighted by atomic mass is 35.5. The standard InChI is InChI=1S/C28H21ClN2O/c29-25-18-16-21(17-19-25)26-20-30-27(32-26)31-28(22-10-4-1-5-11-22,23-12-6-2-7-13-23)24-14-8-3-9-15-24/h1-20H,(H,30,31). The van der Waals surface area contributed by atoms with Gasteiger partial charge in [0, 0.05) is 10.6 Å². The van der Waals surface area contributed by atoms with Gasteiger partial charge in [-0.3, -0.25) is 0 Å². The number of oxazole rings is 1. The third-order valence-corrected chi connectivity index (χ3v) is 5.80. The lowest BCUT2D eigenvalue weighted by molar-refractivity contribution is 0.558. The minimum absolute atomic E-state index is 0.437. The van der Waals surface area contributed by atoms with E-state index in [1.807, 2.05) is 78.9 Å². The van der Waals surface area contributed by atoms with E-state index in [0.717, 1.165) is 22.3 Å². The predicted octanol–water partition coefficient (Wildman–Crippen LogP) is 7.40. The highest BCUT2D eigenvalue weighted by molar-refractivity contribution is 6.30. The summed E-state index contributed by atoms with van der Waals surface area (Å²) in [7, 11) is 0. The minimum atomic E-state index is -0.689. The molecule has 32 heavy (non-hydrogen) atoms. The molecule has 4 heteroatoms. The third kappa shape index (κ3) is 3.79. The zero-order valence-electron chi connectivity index (χ0n) is 17.3. The monoisotopic (exact) mass is 436 g/mol. The maximum atomic E-state index is 6.16. The summed E-state index contributed by atoms with van der Waals surface area (Å²) in [5.41, 5.74) is 3.49. The van der Waals surface area contributed by atoms with Crippen LogP contribution in [0.4, 0.5) is 6.01 Å². The van der Waals surface area contributed by atoms with Crippen molar-refractivity contribution in [3.05, 3.63) is 143 Å². The summed E-state index contributed by atoms with van der Waals surface area (Å²) in [6.45, 7) is 0. The second-order valence-electron chi connectivity index (χ2n) is 7.51. The van der Waals surface area contributed by atoms with Crippen molar-refractivity contribution < 1.29 is 4.42 Å².